The van der Waals surface area contributed by atoms with Gasteiger partial charge in [0.25, 0.3) is 0 Å². The first-order valence-corrected chi connectivity index (χ1v) is 10.8. The van der Waals surface area contributed by atoms with E-state index in [1.807, 2.05) is 13.0 Å². The van der Waals surface area contributed by atoms with Crippen LogP contribution >= 0.6 is 0 Å². The molecule has 7 atom stereocenters. The number of ether oxygens (including phenoxy) is 1. The van der Waals surface area contributed by atoms with Gasteiger partial charge in [-0.1, -0.05) is 45.1 Å². The molecule has 4 fully saturated rings. The summed E-state index contributed by atoms with van der Waals surface area (Å²) >= 11 is 0. The molecule has 1 heterocycles. The molecule has 1 aliphatic heterocycles. The number of cyclic esters (lactones) is 1. The van der Waals surface area contributed by atoms with Crippen molar-refractivity contribution in [2.75, 3.05) is 6.61 Å². The Morgan fingerprint density at radius 2 is 1.86 bits per heavy atom. The van der Waals surface area contributed by atoms with E-state index in [-0.39, 0.29) is 46.1 Å². The lowest BCUT2D eigenvalue weighted by Crippen LogP contribution is -2.64. The third-order valence-corrected chi connectivity index (χ3v) is 10.2. The summed E-state index contributed by atoms with van der Waals surface area (Å²) in [5.41, 5.74) is -0.526. The molecule has 4 heteroatoms. The van der Waals surface area contributed by atoms with Gasteiger partial charge in [-0.25, -0.2) is 4.79 Å². The molecule has 2 spiro atoms. The van der Waals surface area contributed by atoms with Crippen molar-refractivity contribution in [2.45, 2.75) is 47.0 Å². The minimum atomic E-state index is -0.629. The first-order chi connectivity index (χ1) is 13.5. The fraction of sp³-hybridized carbons (Fsp3) is 0.640. The minimum absolute atomic E-state index is 0.0589. The van der Waals surface area contributed by atoms with Gasteiger partial charge in [0.05, 0.1) is 5.41 Å². The summed E-state index contributed by atoms with van der Waals surface area (Å²) in [4.78, 5) is 39.4. The van der Waals surface area contributed by atoms with Crippen LogP contribution in [-0.2, 0) is 19.1 Å². The topological polar surface area (TPSA) is 60.4 Å². The molecule has 4 nitrogen and oxygen atoms in total. The Bertz CT molecular complexity index is 1010. The van der Waals surface area contributed by atoms with Gasteiger partial charge in [0.2, 0.25) is 0 Å². The third-order valence-electron chi connectivity index (χ3n) is 10.2. The number of fused-ring (bicyclic) bond motifs is 2. The van der Waals surface area contributed by atoms with Gasteiger partial charge in [0.15, 0.2) is 5.78 Å². The number of carbonyl (C=O) groups excluding carboxylic acids is 3. The van der Waals surface area contributed by atoms with Gasteiger partial charge in [-0.2, -0.15) is 0 Å². The quantitative estimate of drug-likeness (QED) is 0.464. The van der Waals surface area contributed by atoms with Gasteiger partial charge in [-0.15, -0.1) is 0 Å². The Kier molecular flexibility index (Phi) is 2.79. The van der Waals surface area contributed by atoms with E-state index in [1.54, 1.807) is 6.08 Å². The van der Waals surface area contributed by atoms with Crippen molar-refractivity contribution < 1.29 is 19.1 Å². The molecular weight excluding hydrogens is 364 g/mol. The molecule has 0 N–H and O–H groups in total. The Hall–Kier alpha value is -1.97. The Labute approximate surface area is 171 Å². The van der Waals surface area contributed by atoms with E-state index >= 15 is 0 Å². The van der Waals surface area contributed by atoms with Gasteiger partial charge in [-0.05, 0) is 54.9 Å². The molecule has 0 amide bonds. The monoisotopic (exact) mass is 392 g/mol. The second kappa shape index (κ2) is 4.53. The number of ketones is 2. The van der Waals surface area contributed by atoms with Crippen molar-refractivity contribution in [3.63, 3.8) is 0 Å². The first kappa shape index (κ1) is 17.9. The Morgan fingerprint density at radius 1 is 1.14 bits per heavy atom. The zero-order valence-corrected chi connectivity index (χ0v) is 17.6. The molecular formula is C25H28O4. The summed E-state index contributed by atoms with van der Waals surface area (Å²) in [5, 5.41) is 0. The highest BCUT2D eigenvalue weighted by molar-refractivity contribution is 6.03. The van der Waals surface area contributed by atoms with Crippen molar-refractivity contribution in [1.29, 1.82) is 0 Å². The summed E-state index contributed by atoms with van der Waals surface area (Å²) < 4.78 is 5.64. The standard InChI is InChI=1S/C25H28O4/c1-13-17-18-23(5)8-7-16(26)21(2,3)15(23)6-9-24(18)11-22(4,19(17)27)10-14-20(28)29-12-25(13,14)24/h7-8,10,15,17-18H,1,6,9,11-12H2,2-5H3/t15-,17+,18-,22+,23-,24-,25-/m0/s1. The maximum Gasteiger partial charge on any atom is 0.334 e. The minimum Gasteiger partial charge on any atom is -0.461 e. The van der Waals surface area contributed by atoms with E-state index in [0.717, 1.165) is 24.8 Å². The van der Waals surface area contributed by atoms with Crippen molar-refractivity contribution in [3.8, 4) is 0 Å². The SMILES string of the molecule is C=C1[C@H]2C(=O)[C@]3(C)C=C4C(=O)OC[C@]14[C@@]1(CC[C@H]4C(C)(C)C(=O)C=C[C@]4(C)[C@H]21)C3. The molecule has 1 saturated heterocycles. The van der Waals surface area contributed by atoms with E-state index < -0.39 is 16.2 Å². The average molecular weight is 392 g/mol. The Balaban J connectivity index is 1.66. The number of carbonyl (C=O) groups is 3. The second-order valence-corrected chi connectivity index (χ2v) is 11.5. The van der Waals surface area contributed by atoms with Crippen molar-refractivity contribution >= 4 is 17.5 Å². The zero-order valence-electron chi connectivity index (χ0n) is 17.6. The fourth-order valence-electron chi connectivity index (χ4n) is 9.18. The van der Waals surface area contributed by atoms with E-state index in [9.17, 15) is 14.4 Å². The lowest BCUT2D eigenvalue weighted by Gasteiger charge is -2.65. The van der Waals surface area contributed by atoms with Crippen LogP contribution < -0.4 is 0 Å². The van der Waals surface area contributed by atoms with E-state index in [4.69, 9.17) is 4.74 Å². The number of hydrogen-bond acceptors (Lipinski definition) is 4. The van der Waals surface area contributed by atoms with Crippen LogP contribution in [-0.4, -0.2) is 24.1 Å². The molecule has 0 aromatic heterocycles. The lowest BCUT2D eigenvalue weighted by molar-refractivity contribution is -0.171. The summed E-state index contributed by atoms with van der Waals surface area (Å²) in [6, 6.07) is 0. The van der Waals surface area contributed by atoms with E-state index in [1.165, 1.54) is 0 Å². The first-order valence-electron chi connectivity index (χ1n) is 10.8. The van der Waals surface area contributed by atoms with Crippen LogP contribution in [0.4, 0.5) is 0 Å². The maximum absolute atomic E-state index is 13.9. The van der Waals surface area contributed by atoms with Crippen LogP contribution in [0.25, 0.3) is 0 Å². The summed E-state index contributed by atoms with van der Waals surface area (Å²) in [5.74, 6) is 0.0725. The van der Waals surface area contributed by atoms with Crippen LogP contribution in [0.3, 0.4) is 0 Å². The highest BCUT2D eigenvalue weighted by Crippen LogP contribution is 2.83. The van der Waals surface area contributed by atoms with Crippen molar-refractivity contribution in [3.05, 3.63) is 36.0 Å². The van der Waals surface area contributed by atoms with Gasteiger partial charge < -0.3 is 4.74 Å². The highest BCUT2D eigenvalue weighted by atomic mass is 16.5. The predicted octanol–water partition coefficient (Wildman–Crippen LogP) is 3.82. The normalized spacial score (nSPS) is 53.4. The van der Waals surface area contributed by atoms with Crippen LogP contribution in [0, 0.1) is 44.8 Å². The second-order valence-electron chi connectivity index (χ2n) is 11.5. The third kappa shape index (κ3) is 1.50. The van der Waals surface area contributed by atoms with Gasteiger partial charge >= 0.3 is 5.97 Å². The van der Waals surface area contributed by atoms with Crippen LogP contribution in [0.5, 0.6) is 0 Å². The summed E-state index contributed by atoms with van der Waals surface area (Å²) in [6.07, 6.45) is 8.36. The largest absolute Gasteiger partial charge is 0.461 e. The molecule has 6 rings (SSSR count). The smallest absolute Gasteiger partial charge is 0.334 e. The number of esters is 1. The zero-order chi connectivity index (χ0) is 20.8. The van der Waals surface area contributed by atoms with Crippen LogP contribution in [0.15, 0.2) is 36.0 Å². The molecule has 3 bridgehead atoms. The fourth-order valence-corrected chi connectivity index (χ4v) is 9.18. The van der Waals surface area contributed by atoms with Crippen LogP contribution in [0.2, 0.25) is 0 Å². The number of rotatable bonds is 0. The number of Topliss-reactive ketones (excluding diaryl/α,β-unsaturated/α-hetero) is 1. The molecule has 5 aliphatic carbocycles. The summed E-state index contributed by atoms with van der Waals surface area (Å²) in [6.45, 7) is 13.2. The van der Waals surface area contributed by atoms with E-state index in [0.29, 0.717) is 12.2 Å². The molecule has 29 heavy (non-hydrogen) atoms. The number of hydrogen-bond donors (Lipinski definition) is 0. The van der Waals surface area contributed by atoms with Gasteiger partial charge in [-0.3, -0.25) is 9.59 Å². The molecule has 0 aromatic carbocycles. The molecule has 6 aliphatic rings. The van der Waals surface area contributed by atoms with E-state index in [2.05, 4.69) is 33.4 Å². The molecule has 0 radical (unpaired) electrons. The maximum atomic E-state index is 13.9. The molecule has 3 saturated carbocycles. The molecule has 0 aromatic rings. The average Bonchev–Trinajstić information content (AvgIpc) is 3.05. The van der Waals surface area contributed by atoms with Gasteiger partial charge in [0.1, 0.15) is 12.4 Å². The Morgan fingerprint density at radius 3 is 2.59 bits per heavy atom. The van der Waals surface area contributed by atoms with Crippen molar-refractivity contribution in [1.82, 2.24) is 0 Å². The van der Waals surface area contributed by atoms with Gasteiger partial charge in [0, 0.05) is 22.3 Å². The summed E-state index contributed by atoms with van der Waals surface area (Å²) in [7, 11) is 0. The molecule has 0 unspecified atom stereocenters. The highest BCUT2D eigenvalue weighted by Gasteiger charge is 2.82. The van der Waals surface area contributed by atoms with Crippen LogP contribution in [0.1, 0.15) is 47.0 Å². The molecule has 152 valence electrons. The predicted molar refractivity (Wildman–Crippen MR) is 107 cm³/mol. The lowest BCUT2D eigenvalue weighted by atomic mass is 9.36. The van der Waals surface area contributed by atoms with Crippen molar-refractivity contribution in [2.24, 2.45) is 44.8 Å². The number of allylic oxidation sites excluding steroid dienone is 3.